The fourth-order valence-electron chi connectivity index (χ4n) is 2.51. The van der Waals surface area contributed by atoms with Gasteiger partial charge in [0.05, 0.1) is 12.3 Å². The smallest absolute Gasteiger partial charge is 0.344 e. The van der Waals surface area contributed by atoms with Gasteiger partial charge in [0.25, 0.3) is 5.56 Å². The quantitative estimate of drug-likeness (QED) is 0.596. The Bertz CT molecular complexity index is 1010. The Morgan fingerprint density at radius 2 is 1.85 bits per heavy atom. The van der Waals surface area contributed by atoms with E-state index < -0.39 is 5.97 Å². The summed E-state index contributed by atoms with van der Waals surface area (Å²) in [6.07, 6.45) is 1.71. The molecule has 27 heavy (non-hydrogen) atoms. The van der Waals surface area contributed by atoms with Gasteiger partial charge in [0.1, 0.15) is 12.3 Å². The lowest BCUT2D eigenvalue weighted by molar-refractivity contribution is -0.147. The molecule has 2 aromatic heterocycles. The molecule has 3 aromatic rings. The monoisotopic (exact) mass is 368 g/mol. The first-order valence-electron chi connectivity index (χ1n) is 8.56. The molecule has 0 unspecified atom stereocenters. The average Bonchev–Trinajstić information content (AvgIpc) is 2.66. The van der Waals surface area contributed by atoms with Crippen molar-refractivity contribution in [3.8, 4) is 11.5 Å². The maximum atomic E-state index is 12.2. The molecule has 7 heteroatoms. The van der Waals surface area contributed by atoms with E-state index >= 15 is 0 Å². The van der Waals surface area contributed by atoms with Crippen LogP contribution in [0.1, 0.15) is 18.2 Å². The number of pyridine rings is 1. The maximum absolute atomic E-state index is 12.2. The molecule has 140 valence electrons. The molecule has 7 nitrogen and oxygen atoms in total. The van der Waals surface area contributed by atoms with E-state index in [9.17, 15) is 9.59 Å². The van der Waals surface area contributed by atoms with E-state index in [2.05, 4.69) is 4.98 Å². The zero-order valence-electron chi connectivity index (χ0n) is 15.2. The first kappa shape index (κ1) is 18.4. The molecule has 0 aliphatic carbocycles. The number of esters is 1. The second-order valence-electron chi connectivity index (χ2n) is 5.85. The molecule has 0 aliphatic rings. The minimum atomic E-state index is -0.563. The van der Waals surface area contributed by atoms with Gasteiger partial charge in [0.15, 0.2) is 18.1 Å². The van der Waals surface area contributed by atoms with Crippen molar-refractivity contribution in [2.24, 2.45) is 0 Å². The predicted octanol–water partition coefficient (Wildman–Crippen LogP) is 2.52. The number of para-hydroxylation sites is 2. The molecule has 0 spiro atoms. The number of aryl methyl sites for hydroxylation is 1. The van der Waals surface area contributed by atoms with Crippen LogP contribution in [0.5, 0.6) is 11.5 Å². The van der Waals surface area contributed by atoms with Gasteiger partial charge >= 0.3 is 5.97 Å². The minimum Gasteiger partial charge on any atom is -0.490 e. The van der Waals surface area contributed by atoms with Crippen LogP contribution in [0.25, 0.3) is 5.65 Å². The number of rotatable bonds is 7. The van der Waals surface area contributed by atoms with E-state index in [1.165, 1.54) is 10.5 Å². The highest BCUT2D eigenvalue weighted by molar-refractivity contribution is 5.71. The number of hydrogen-bond acceptors (Lipinski definition) is 6. The lowest BCUT2D eigenvalue weighted by Gasteiger charge is -2.11. The van der Waals surface area contributed by atoms with E-state index in [0.29, 0.717) is 29.4 Å². The number of carbonyl (C=O) groups is 1. The summed E-state index contributed by atoms with van der Waals surface area (Å²) in [5.74, 6) is 0.466. The van der Waals surface area contributed by atoms with Gasteiger partial charge in [-0.25, -0.2) is 9.78 Å². The SMILES string of the molecule is CCOc1ccccc1OCC(=O)OCc1cc(=O)n2cc(C)ccc2n1. The van der Waals surface area contributed by atoms with E-state index in [-0.39, 0.29) is 18.8 Å². The van der Waals surface area contributed by atoms with E-state index in [1.807, 2.05) is 26.0 Å². The van der Waals surface area contributed by atoms with Crippen molar-refractivity contribution in [3.05, 3.63) is 70.3 Å². The van der Waals surface area contributed by atoms with Crippen LogP contribution in [0.4, 0.5) is 0 Å². The summed E-state index contributed by atoms with van der Waals surface area (Å²) in [4.78, 5) is 28.4. The highest BCUT2D eigenvalue weighted by Gasteiger charge is 2.10. The number of nitrogens with zero attached hydrogens (tertiary/aromatic N) is 2. The van der Waals surface area contributed by atoms with Crippen LogP contribution >= 0.6 is 0 Å². The molecular weight excluding hydrogens is 348 g/mol. The molecule has 2 heterocycles. The predicted molar refractivity (Wildman–Crippen MR) is 99.1 cm³/mol. The highest BCUT2D eigenvalue weighted by atomic mass is 16.6. The van der Waals surface area contributed by atoms with Crippen LogP contribution in [0.3, 0.4) is 0 Å². The largest absolute Gasteiger partial charge is 0.490 e. The Balaban J connectivity index is 1.60. The molecule has 0 atom stereocenters. The zero-order chi connectivity index (χ0) is 19.2. The van der Waals surface area contributed by atoms with Crippen molar-refractivity contribution in [3.63, 3.8) is 0 Å². The summed E-state index contributed by atoms with van der Waals surface area (Å²) in [5, 5.41) is 0. The average molecular weight is 368 g/mol. The van der Waals surface area contributed by atoms with Crippen molar-refractivity contribution in [1.82, 2.24) is 9.38 Å². The molecule has 0 amide bonds. The van der Waals surface area contributed by atoms with Gasteiger partial charge in [-0.1, -0.05) is 18.2 Å². The molecule has 1 aromatic carbocycles. The molecule has 3 rings (SSSR count). The third kappa shape index (κ3) is 4.63. The van der Waals surface area contributed by atoms with Gasteiger partial charge in [-0.15, -0.1) is 0 Å². The van der Waals surface area contributed by atoms with Crippen LogP contribution in [0.2, 0.25) is 0 Å². The first-order valence-corrected chi connectivity index (χ1v) is 8.56. The number of ether oxygens (including phenoxy) is 3. The van der Waals surface area contributed by atoms with Crippen LogP contribution in [-0.2, 0) is 16.1 Å². The third-order valence-electron chi connectivity index (χ3n) is 3.74. The van der Waals surface area contributed by atoms with E-state index in [4.69, 9.17) is 14.2 Å². The lowest BCUT2D eigenvalue weighted by atomic mass is 10.3. The van der Waals surface area contributed by atoms with Gasteiger partial charge in [-0.3, -0.25) is 9.20 Å². The molecular formula is C20H20N2O5. The summed E-state index contributed by atoms with van der Waals surface area (Å²) < 4.78 is 17.5. The number of fused-ring (bicyclic) bond motifs is 1. The first-order chi connectivity index (χ1) is 13.1. The van der Waals surface area contributed by atoms with Crippen LogP contribution in [-0.4, -0.2) is 28.6 Å². The summed E-state index contributed by atoms with van der Waals surface area (Å²) in [6.45, 7) is 3.88. The van der Waals surface area contributed by atoms with Gasteiger partial charge < -0.3 is 14.2 Å². The van der Waals surface area contributed by atoms with Crippen molar-refractivity contribution in [2.75, 3.05) is 13.2 Å². The number of carbonyl (C=O) groups excluding carboxylic acids is 1. The Morgan fingerprint density at radius 3 is 2.59 bits per heavy atom. The van der Waals surface area contributed by atoms with Crippen molar-refractivity contribution in [1.29, 1.82) is 0 Å². The van der Waals surface area contributed by atoms with Crippen molar-refractivity contribution >= 4 is 11.6 Å². The molecule has 0 aliphatic heterocycles. The summed E-state index contributed by atoms with van der Waals surface area (Å²) in [6, 6.07) is 12.0. The molecule has 0 N–H and O–H groups in total. The Kier molecular flexibility index (Phi) is 5.71. The molecule has 0 fully saturated rings. The van der Waals surface area contributed by atoms with E-state index in [1.54, 1.807) is 30.5 Å². The Labute approximate surface area is 156 Å². The summed E-state index contributed by atoms with van der Waals surface area (Å²) in [5.41, 5.74) is 1.61. The summed E-state index contributed by atoms with van der Waals surface area (Å²) in [7, 11) is 0. The topological polar surface area (TPSA) is 79.1 Å². The van der Waals surface area contributed by atoms with Crippen molar-refractivity contribution in [2.45, 2.75) is 20.5 Å². The van der Waals surface area contributed by atoms with Crippen LogP contribution in [0, 0.1) is 6.92 Å². The second-order valence-corrected chi connectivity index (χ2v) is 5.85. The fourth-order valence-corrected chi connectivity index (χ4v) is 2.51. The molecule has 0 saturated heterocycles. The number of aromatic nitrogens is 2. The zero-order valence-corrected chi connectivity index (χ0v) is 15.2. The molecule has 0 radical (unpaired) electrons. The van der Waals surface area contributed by atoms with Crippen LogP contribution in [0.15, 0.2) is 53.5 Å². The van der Waals surface area contributed by atoms with E-state index in [0.717, 1.165) is 5.56 Å². The summed E-state index contributed by atoms with van der Waals surface area (Å²) >= 11 is 0. The minimum absolute atomic E-state index is 0.102. The Morgan fingerprint density at radius 1 is 1.11 bits per heavy atom. The maximum Gasteiger partial charge on any atom is 0.344 e. The highest BCUT2D eigenvalue weighted by Crippen LogP contribution is 2.26. The normalized spacial score (nSPS) is 10.6. The number of benzene rings is 1. The lowest BCUT2D eigenvalue weighted by Crippen LogP contribution is -2.19. The van der Waals surface area contributed by atoms with Crippen molar-refractivity contribution < 1.29 is 19.0 Å². The molecule has 0 bridgehead atoms. The molecule has 0 saturated carbocycles. The Hall–Kier alpha value is -3.35. The standard InChI is InChI=1S/C20H20N2O5/c1-3-25-16-6-4-5-7-17(16)26-13-20(24)27-12-15-10-19(23)22-11-14(2)8-9-18(22)21-15/h4-11H,3,12-13H2,1-2H3. The second kappa shape index (κ2) is 8.35. The van der Waals surface area contributed by atoms with Gasteiger partial charge in [-0.2, -0.15) is 0 Å². The van der Waals surface area contributed by atoms with Crippen LogP contribution < -0.4 is 15.0 Å². The van der Waals surface area contributed by atoms with Gasteiger partial charge in [0, 0.05) is 12.3 Å². The van der Waals surface area contributed by atoms with Gasteiger partial charge in [0.2, 0.25) is 0 Å². The fraction of sp³-hybridized carbons (Fsp3) is 0.250. The number of hydrogen-bond donors (Lipinski definition) is 0. The third-order valence-corrected chi connectivity index (χ3v) is 3.74. The van der Waals surface area contributed by atoms with Gasteiger partial charge in [-0.05, 0) is 37.6 Å².